The van der Waals surface area contributed by atoms with E-state index in [4.69, 9.17) is 34.8 Å². The molecule has 0 fully saturated rings. The number of halogens is 3. The van der Waals surface area contributed by atoms with Crippen molar-refractivity contribution in [3.05, 3.63) is 63.1 Å². The van der Waals surface area contributed by atoms with Gasteiger partial charge in [0, 0.05) is 0 Å². The van der Waals surface area contributed by atoms with Crippen LogP contribution in [0.1, 0.15) is 10.4 Å². The lowest BCUT2D eigenvalue weighted by Crippen LogP contribution is -2.33. The molecule has 0 radical (unpaired) electrons. The molecule has 0 heterocycles. The number of nitrogens with one attached hydrogen (secondary N) is 2. The van der Waals surface area contributed by atoms with Gasteiger partial charge in [0.2, 0.25) is 5.91 Å². The minimum Gasteiger partial charge on any atom is -0.343 e. The number of rotatable bonds is 4. The lowest BCUT2D eigenvalue weighted by atomic mass is 10.2. The smallest absolute Gasteiger partial charge is 0.253 e. The highest BCUT2D eigenvalue weighted by molar-refractivity contribution is 6.39. The zero-order valence-corrected chi connectivity index (χ0v) is 13.5. The van der Waals surface area contributed by atoms with Gasteiger partial charge in [-0.25, -0.2) is 0 Å². The van der Waals surface area contributed by atoms with Gasteiger partial charge in [0.15, 0.2) is 0 Å². The number of amides is 2. The maximum atomic E-state index is 11.9. The van der Waals surface area contributed by atoms with Gasteiger partial charge >= 0.3 is 0 Å². The first-order valence-electron chi connectivity index (χ1n) is 6.25. The van der Waals surface area contributed by atoms with Crippen LogP contribution in [0.4, 0.5) is 5.69 Å². The molecule has 2 aromatic carbocycles. The van der Waals surface area contributed by atoms with Gasteiger partial charge in [-0.05, 0) is 24.3 Å². The summed E-state index contributed by atoms with van der Waals surface area (Å²) in [5, 5.41) is 5.98. The Balaban J connectivity index is 1.96. The summed E-state index contributed by atoms with van der Waals surface area (Å²) in [6.45, 7) is -0.231. The van der Waals surface area contributed by atoms with Crippen molar-refractivity contribution < 1.29 is 9.59 Å². The van der Waals surface area contributed by atoms with Crippen molar-refractivity contribution in [2.24, 2.45) is 0 Å². The van der Waals surface area contributed by atoms with Crippen molar-refractivity contribution in [3.8, 4) is 0 Å². The van der Waals surface area contributed by atoms with Crippen LogP contribution in [-0.4, -0.2) is 18.4 Å². The van der Waals surface area contributed by atoms with Crippen LogP contribution in [-0.2, 0) is 4.79 Å². The molecule has 0 aliphatic carbocycles. The largest absolute Gasteiger partial charge is 0.343 e. The average molecular weight is 358 g/mol. The number of anilines is 1. The molecule has 0 atom stereocenters. The van der Waals surface area contributed by atoms with Gasteiger partial charge in [-0.3, -0.25) is 9.59 Å². The lowest BCUT2D eigenvalue weighted by molar-refractivity contribution is -0.115. The van der Waals surface area contributed by atoms with E-state index in [0.717, 1.165) is 0 Å². The molecular weight excluding hydrogens is 347 g/mol. The van der Waals surface area contributed by atoms with Crippen LogP contribution in [0.25, 0.3) is 0 Å². The maximum absolute atomic E-state index is 11.9. The number of carbonyl (C=O) groups excluding carboxylic acids is 2. The average Bonchev–Trinajstić information content (AvgIpc) is 2.49. The molecule has 4 nitrogen and oxygen atoms in total. The van der Waals surface area contributed by atoms with Gasteiger partial charge in [-0.2, -0.15) is 0 Å². The molecule has 7 heteroatoms. The third-order valence-electron chi connectivity index (χ3n) is 2.76. The number of para-hydroxylation sites is 1. The summed E-state index contributed by atoms with van der Waals surface area (Å²) in [7, 11) is 0. The number of benzene rings is 2. The first-order valence-corrected chi connectivity index (χ1v) is 7.39. The van der Waals surface area contributed by atoms with Crippen LogP contribution in [0.5, 0.6) is 0 Å². The monoisotopic (exact) mass is 356 g/mol. The van der Waals surface area contributed by atoms with E-state index in [1.807, 2.05) is 0 Å². The topological polar surface area (TPSA) is 58.2 Å². The van der Waals surface area contributed by atoms with Gasteiger partial charge in [-0.1, -0.05) is 53.0 Å². The normalized spacial score (nSPS) is 10.1. The van der Waals surface area contributed by atoms with Gasteiger partial charge in [0.1, 0.15) is 0 Å². The van der Waals surface area contributed by atoms with Crippen molar-refractivity contribution in [2.75, 3.05) is 11.9 Å². The van der Waals surface area contributed by atoms with E-state index in [-0.39, 0.29) is 6.54 Å². The fourth-order valence-corrected chi connectivity index (χ4v) is 2.42. The molecule has 2 aromatic rings. The van der Waals surface area contributed by atoms with Crippen LogP contribution in [0.2, 0.25) is 15.1 Å². The van der Waals surface area contributed by atoms with Gasteiger partial charge in [0.05, 0.1) is 32.9 Å². The summed E-state index contributed by atoms with van der Waals surface area (Å²) < 4.78 is 0. The quantitative estimate of drug-likeness (QED) is 0.868. The molecule has 0 aromatic heterocycles. The van der Waals surface area contributed by atoms with E-state index in [1.54, 1.807) is 42.5 Å². The summed E-state index contributed by atoms with van der Waals surface area (Å²) >= 11 is 17.8. The molecule has 2 amide bonds. The molecule has 2 N–H and O–H groups in total. The van der Waals surface area contributed by atoms with Crippen LogP contribution in [0.15, 0.2) is 42.5 Å². The second kappa shape index (κ2) is 7.49. The van der Waals surface area contributed by atoms with E-state index < -0.39 is 11.8 Å². The van der Waals surface area contributed by atoms with Crippen molar-refractivity contribution in [1.82, 2.24) is 5.32 Å². The van der Waals surface area contributed by atoms with Crippen LogP contribution >= 0.6 is 34.8 Å². The van der Waals surface area contributed by atoms with Gasteiger partial charge in [-0.15, -0.1) is 0 Å². The first kappa shape index (κ1) is 16.6. The first-order chi connectivity index (χ1) is 10.5. The van der Waals surface area contributed by atoms with Gasteiger partial charge < -0.3 is 10.6 Å². The highest BCUT2D eigenvalue weighted by atomic mass is 35.5. The second-order valence-corrected chi connectivity index (χ2v) is 5.53. The molecule has 0 aliphatic heterocycles. The van der Waals surface area contributed by atoms with Crippen molar-refractivity contribution in [2.45, 2.75) is 0 Å². The van der Waals surface area contributed by atoms with Crippen LogP contribution in [0.3, 0.4) is 0 Å². The Hall–Kier alpha value is -1.75. The Morgan fingerprint density at radius 2 is 1.45 bits per heavy atom. The summed E-state index contributed by atoms with van der Waals surface area (Å²) in [4.78, 5) is 23.8. The highest BCUT2D eigenvalue weighted by Gasteiger charge is 2.13. The Morgan fingerprint density at radius 3 is 2.09 bits per heavy atom. The van der Waals surface area contributed by atoms with E-state index in [1.165, 1.54) is 0 Å². The number of hydrogen-bond acceptors (Lipinski definition) is 2. The van der Waals surface area contributed by atoms with E-state index in [2.05, 4.69) is 10.6 Å². The Bertz CT molecular complexity index is 699. The zero-order valence-electron chi connectivity index (χ0n) is 11.2. The molecule has 2 rings (SSSR count). The van der Waals surface area contributed by atoms with E-state index >= 15 is 0 Å². The number of hydrogen-bond donors (Lipinski definition) is 2. The predicted octanol–water partition coefficient (Wildman–Crippen LogP) is 4.02. The molecule has 0 bridgehead atoms. The van der Waals surface area contributed by atoms with Crippen LogP contribution < -0.4 is 10.6 Å². The Kier molecular flexibility index (Phi) is 5.66. The third-order valence-corrected chi connectivity index (χ3v) is 3.71. The molecule has 0 spiro atoms. The van der Waals surface area contributed by atoms with E-state index in [0.29, 0.717) is 26.3 Å². The molecule has 0 unspecified atom stereocenters. The molecule has 0 saturated heterocycles. The Labute approximate surface area is 142 Å². The minimum absolute atomic E-state index is 0.231. The van der Waals surface area contributed by atoms with E-state index in [9.17, 15) is 9.59 Å². The SMILES string of the molecule is O=C(CNC(=O)c1ccccc1Cl)Nc1c(Cl)cccc1Cl. The van der Waals surface area contributed by atoms with Crippen molar-refractivity contribution in [3.63, 3.8) is 0 Å². The minimum atomic E-state index is -0.449. The maximum Gasteiger partial charge on any atom is 0.253 e. The molecule has 0 saturated carbocycles. The zero-order chi connectivity index (χ0) is 16.1. The summed E-state index contributed by atoms with van der Waals surface area (Å²) in [6.07, 6.45) is 0. The number of carbonyl (C=O) groups is 2. The summed E-state index contributed by atoms with van der Waals surface area (Å²) in [6, 6.07) is 11.4. The van der Waals surface area contributed by atoms with Crippen LogP contribution in [0, 0.1) is 0 Å². The lowest BCUT2D eigenvalue weighted by Gasteiger charge is -2.10. The fraction of sp³-hybridized carbons (Fsp3) is 0.0667. The standard InChI is InChI=1S/C15H11Cl3N2O2/c16-10-5-2-1-4-9(10)15(22)19-8-13(21)20-14-11(17)6-3-7-12(14)18/h1-7H,8H2,(H,19,22)(H,20,21). The Morgan fingerprint density at radius 1 is 0.864 bits per heavy atom. The molecule has 0 aliphatic rings. The summed E-state index contributed by atoms with van der Waals surface area (Å²) in [5.74, 6) is -0.888. The fourth-order valence-electron chi connectivity index (χ4n) is 1.70. The van der Waals surface area contributed by atoms with Crippen molar-refractivity contribution in [1.29, 1.82) is 0 Å². The molecule has 114 valence electrons. The second-order valence-electron chi connectivity index (χ2n) is 4.31. The third kappa shape index (κ3) is 4.13. The predicted molar refractivity (Wildman–Crippen MR) is 88.9 cm³/mol. The molecule has 22 heavy (non-hydrogen) atoms. The van der Waals surface area contributed by atoms with Crippen molar-refractivity contribution >= 4 is 52.3 Å². The molecular formula is C15H11Cl3N2O2. The van der Waals surface area contributed by atoms with Gasteiger partial charge in [0.25, 0.3) is 5.91 Å². The highest BCUT2D eigenvalue weighted by Crippen LogP contribution is 2.29. The summed E-state index contributed by atoms with van der Waals surface area (Å²) in [5.41, 5.74) is 0.607.